The van der Waals surface area contributed by atoms with E-state index < -0.39 is 0 Å². The van der Waals surface area contributed by atoms with Gasteiger partial charge in [-0.15, -0.1) is 0 Å². The Morgan fingerprint density at radius 1 is 0.786 bits per heavy atom. The molecule has 0 radical (unpaired) electrons. The van der Waals surface area contributed by atoms with Crippen molar-refractivity contribution < 1.29 is 0 Å². The molecule has 0 amide bonds. The standard InChI is InChI=1S/C21H21ClN4S2/c1-12-4-5-13(2)19-18(12)24-21(28-19)26-8-6-25(7-9-26)20-23-17-14(3)10-15(22)11-16(17)27-20/h4-5,10-11H,6-9H2,1-3H3. The number of halogens is 1. The van der Waals surface area contributed by atoms with Crippen molar-refractivity contribution in [2.75, 3.05) is 36.0 Å². The molecule has 0 bridgehead atoms. The van der Waals surface area contributed by atoms with E-state index in [0.29, 0.717) is 0 Å². The zero-order valence-electron chi connectivity index (χ0n) is 16.1. The molecule has 2 aromatic heterocycles. The average Bonchev–Trinajstić information content (AvgIpc) is 3.30. The van der Waals surface area contributed by atoms with Crippen molar-refractivity contribution >= 4 is 65.0 Å². The predicted molar refractivity (Wildman–Crippen MR) is 123 cm³/mol. The first-order chi connectivity index (χ1) is 13.5. The van der Waals surface area contributed by atoms with Crippen LogP contribution in [0.4, 0.5) is 10.3 Å². The van der Waals surface area contributed by atoms with Gasteiger partial charge in [-0.2, -0.15) is 0 Å². The van der Waals surface area contributed by atoms with Crippen LogP contribution in [-0.4, -0.2) is 36.1 Å². The van der Waals surface area contributed by atoms with Crippen LogP contribution in [0.3, 0.4) is 0 Å². The van der Waals surface area contributed by atoms with Crippen LogP contribution in [0.15, 0.2) is 24.3 Å². The van der Waals surface area contributed by atoms with Gasteiger partial charge in [0.1, 0.15) is 0 Å². The molecular weight excluding hydrogens is 408 g/mol. The Labute approximate surface area is 177 Å². The van der Waals surface area contributed by atoms with Gasteiger partial charge in [0, 0.05) is 31.2 Å². The highest BCUT2D eigenvalue weighted by Gasteiger charge is 2.23. The molecule has 0 N–H and O–H groups in total. The molecule has 4 aromatic rings. The minimum Gasteiger partial charge on any atom is -0.345 e. The third-order valence-corrected chi connectivity index (χ3v) is 7.92. The van der Waals surface area contributed by atoms with Crippen LogP contribution in [0.1, 0.15) is 16.7 Å². The van der Waals surface area contributed by atoms with Crippen LogP contribution in [-0.2, 0) is 0 Å². The van der Waals surface area contributed by atoms with Crippen LogP contribution in [0.5, 0.6) is 0 Å². The highest BCUT2D eigenvalue weighted by atomic mass is 35.5. The highest BCUT2D eigenvalue weighted by molar-refractivity contribution is 7.22. The lowest BCUT2D eigenvalue weighted by molar-refractivity contribution is 0.651. The molecule has 4 nitrogen and oxygen atoms in total. The number of aromatic nitrogens is 2. The quantitative estimate of drug-likeness (QED) is 0.403. The summed E-state index contributed by atoms with van der Waals surface area (Å²) >= 11 is 9.77. The maximum Gasteiger partial charge on any atom is 0.186 e. The predicted octanol–water partition coefficient (Wildman–Crippen LogP) is 5.81. The van der Waals surface area contributed by atoms with E-state index in [-0.39, 0.29) is 0 Å². The zero-order valence-corrected chi connectivity index (χ0v) is 18.5. The number of fused-ring (bicyclic) bond motifs is 2. The Kier molecular flexibility index (Phi) is 4.45. The molecular formula is C21H21ClN4S2. The van der Waals surface area contributed by atoms with Crippen LogP contribution >= 0.6 is 34.3 Å². The molecule has 0 aliphatic carbocycles. The van der Waals surface area contributed by atoms with Crippen molar-refractivity contribution in [2.45, 2.75) is 20.8 Å². The fourth-order valence-corrected chi connectivity index (χ4v) is 6.39. The van der Waals surface area contributed by atoms with Gasteiger partial charge in [0.05, 0.1) is 20.4 Å². The first-order valence-corrected chi connectivity index (χ1v) is 11.4. The molecule has 1 fully saturated rings. The monoisotopic (exact) mass is 428 g/mol. The minimum atomic E-state index is 0.784. The van der Waals surface area contributed by atoms with Gasteiger partial charge in [-0.05, 0) is 49.6 Å². The second-order valence-corrected chi connectivity index (χ2v) is 9.84. The molecule has 0 atom stereocenters. The lowest BCUT2D eigenvalue weighted by Crippen LogP contribution is -2.46. The zero-order chi connectivity index (χ0) is 19.4. The van der Waals surface area contributed by atoms with Crippen molar-refractivity contribution in [1.29, 1.82) is 0 Å². The number of hydrogen-bond donors (Lipinski definition) is 0. The van der Waals surface area contributed by atoms with E-state index in [9.17, 15) is 0 Å². The summed E-state index contributed by atoms with van der Waals surface area (Å²) in [5, 5.41) is 3.02. The van der Waals surface area contributed by atoms with Gasteiger partial charge in [-0.3, -0.25) is 0 Å². The summed E-state index contributed by atoms with van der Waals surface area (Å²) in [6.07, 6.45) is 0. The van der Waals surface area contributed by atoms with Crippen molar-refractivity contribution in [3.63, 3.8) is 0 Å². The molecule has 0 unspecified atom stereocenters. The Hall–Kier alpha value is -1.89. The molecule has 1 saturated heterocycles. The van der Waals surface area contributed by atoms with E-state index in [1.165, 1.54) is 20.5 Å². The van der Waals surface area contributed by atoms with Crippen molar-refractivity contribution in [3.8, 4) is 0 Å². The number of aryl methyl sites for hydroxylation is 3. The average molecular weight is 429 g/mol. The topological polar surface area (TPSA) is 32.3 Å². The maximum atomic E-state index is 6.21. The largest absolute Gasteiger partial charge is 0.345 e. The van der Waals surface area contributed by atoms with Gasteiger partial charge < -0.3 is 9.80 Å². The number of thiazole rings is 2. The molecule has 2 aromatic carbocycles. The van der Waals surface area contributed by atoms with E-state index in [1.807, 2.05) is 23.5 Å². The van der Waals surface area contributed by atoms with Gasteiger partial charge in [0.25, 0.3) is 0 Å². The SMILES string of the molecule is Cc1cc(Cl)cc2sc(N3CCN(c4nc5c(C)ccc(C)c5s4)CC3)nc12. The third kappa shape index (κ3) is 3.04. The van der Waals surface area contributed by atoms with E-state index >= 15 is 0 Å². The Morgan fingerprint density at radius 3 is 2.07 bits per heavy atom. The molecule has 1 aliphatic rings. The van der Waals surface area contributed by atoms with Crippen molar-refractivity contribution in [3.05, 3.63) is 46.0 Å². The van der Waals surface area contributed by atoms with Crippen LogP contribution in [0, 0.1) is 20.8 Å². The Balaban J connectivity index is 1.37. The summed E-state index contributed by atoms with van der Waals surface area (Å²) < 4.78 is 2.48. The summed E-state index contributed by atoms with van der Waals surface area (Å²) in [7, 11) is 0. The van der Waals surface area contributed by atoms with Crippen LogP contribution < -0.4 is 9.80 Å². The van der Waals surface area contributed by atoms with E-state index in [4.69, 9.17) is 21.6 Å². The highest BCUT2D eigenvalue weighted by Crippen LogP contribution is 2.36. The summed E-state index contributed by atoms with van der Waals surface area (Å²) in [6, 6.07) is 8.37. The number of hydrogen-bond acceptors (Lipinski definition) is 6. The van der Waals surface area contributed by atoms with E-state index in [1.54, 1.807) is 11.3 Å². The van der Waals surface area contributed by atoms with Crippen molar-refractivity contribution in [2.24, 2.45) is 0 Å². The summed E-state index contributed by atoms with van der Waals surface area (Å²) in [5.41, 5.74) is 5.94. The Morgan fingerprint density at radius 2 is 1.39 bits per heavy atom. The first kappa shape index (κ1) is 18.2. The second-order valence-electron chi connectivity index (χ2n) is 7.41. The lowest BCUT2D eigenvalue weighted by Gasteiger charge is -2.34. The fourth-order valence-electron chi connectivity index (χ4n) is 3.75. The number of anilines is 2. The third-order valence-electron chi connectivity index (χ3n) is 5.39. The number of rotatable bonds is 2. The van der Waals surface area contributed by atoms with Gasteiger partial charge in [-0.25, -0.2) is 9.97 Å². The second kappa shape index (κ2) is 6.87. The van der Waals surface area contributed by atoms with E-state index in [0.717, 1.165) is 58.1 Å². The molecule has 0 spiro atoms. The van der Waals surface area contributed by atoms with E-state index in [2.05, 4.69) is 42.7 Å². The smallest absolute Gasteiger partial charge is 0.186 e. The minimum absolute atomic E-state index is 0.784. The fraction of sp³-hybridized carbons (Fsp3) is 0.333. The maximum absolute atomic E-state index is 6.21. The number of nitrogens with zero attached hydrogens (tertiary/aromatic N) is 4. The molecule has 5 rings (SSSR count). The molecule has 144 valence electrons. The number of piperazine rings is 1. The molecule has 28 heavy (non-hydrogen) atoms. The molecule has 7 heteroatoms. The first-order valence-electron chi connectivity index (χ1n) is 9.43. The summed E-state index contributed by atoms with van der Waals surface area (Å²) in [4.78, 5) is 14.6. The molecule has 1 aliphatic heterocycles. The number of benzene rings is 2. The van der Waals surface area contributed by atoms with Gasteiger partial charge in [-0.1, -0.05) is 46.4 Å². The van der Waals surface area contributed by atoms with Crippen LogP contribution in [0.25, 0.3) is 20.4 Å². The Bertz CT molecular complexity index is 1150. The van der Waals surface area contributed by atoms with Crippen molar-refractivity contribution in [1.82, 2.24) is 9.97 Å². The van der Waals surface area contributed by atoms with Gasteiger partial charge in [0.2, 0.25) is 0 Å². The summed E-state index contributed by atoms with van der Waals surface area (Å²) in [5.74, 6) is 0. The lowest BCUT2D eigenvalue weighted by atomic mass is 10.1. The van der Waals surface area contributed by atoms with Gasteiger partial charge in [0.15, 0.2) is 10.3 Å². The summed E-state index contributed by atoms with van der Waals surface area (Å²) in [6.45, 7) is 10.2. The normalized spacial score (nSPS) is 15.1. The van der Waals surface area contributed by atoms with Crippen LogP contribution in [0.2, 0.25) is 5.02 Å². The van der Waals surface area contributed by atoms with Gasteiger partial charge >= 0.3 is 0 Å². The molecule has 0 saturated carbocycles. The molecule has 3 heterocycles.